The van der Waals surface area contributed by atoms with Crippen LogP contribution in [-0.2, 0) is 13.0 Å². The first kappa shape index (κ1) is 16.6. The molecule has 4 heteroatoms. The largest absolute Gasteiger partial charge is 0.301 e. The van der Waals surface area contributed by atoms with Gasteiger partial charge in [-0.15, -0.1) is 0 Å². The molecule has 0 saturated heterocycles. The van der Waals surface area contributed by atoms with Gasteiger partial charge in [0, 0.05) is 5.56 Å². The number of nitrogens with zero attached hydrogens (tertiary/aromatic N) is 2. The van der Waals surface area contributed by atoms with E-state index in [0.717, 1.165) is 17.5 Å². The lowest BCUT2D eigenvalue weighted by Gasteiger charge is -2.12. The molecular weight excluding hydrogens is 351 g/mol. The highest BCUT2D eigenvalue weighted by molar-refractivity contribution is 5.74. The number of aromatic nitrogens is 2. The fourth-order valence-corrected chi connectivity index (χ4v) is 3.74. The lowest BCUT2D eigenvalue weighted by molar-refractivity contribution is 0.599. The summed E-state index contributed by atoms with van der Waals surface area (Å²) in [5, 5.41) is 0. The second-order valence-electron chi connectivity index (χ2n) is 7.00. The summed E-state index contributed by atoms with van der Waals surface area (Å²) >= 11 is 0. The minimum Gasteiger partial charge on any atom is -0.301 e. The van der Waals surface area contributed by atoms with Crippen LogP contribution >= 0.6 is 0 Å². The van der Waals surface area contributed by atoms with Gasteiger partial charge in [-0.2, -0.15) is 0 Å². The molecule has 0 bridgehead atoms. The average Bonchev–Trinajstić information content (AvgIpc) is 3.19. The zero-order valence-corrected chi connectivity index (χ0v) is 15.1. The quantitative estimate of drug-likeness (QED) is 0.520. The Morgan fingerprint density at radius 3 is 2.71 bits per heavy atom. The fourth-order valence-electron chi connectivity index (χ4n) is 3.74. The summed E-state index contributed by atoms with van der Waals surface area (Å²) in [7, 11) is 0. The van der Waals surface area contributed by atoms with Gasteiger partial charge in [0.2, 0.25) is 0 Å². The third-order valence-corrected chi connectivity index (χ3v) is 5.25. The molecule has 0 radical (unpaired) electrons. The van der Waals surface area contributed by atoms with Gasteiger partial charge in [0.25, 0.3) is 5.56 Å². The van der Waals surface area contributed by atoms with E-state index in [4.69, 9.17) is 0 Å². The van der Waals surface area contributed by atoms with E-state index in [2.05, 4.69) is 29.3 Å². The Morgan fingerprint density at radius 1 is 1.00 bits per heavy atom. The third kappa shape index (κ3) is 2.83. The molecule has 0 aliphatic heterocycles. The fraction of sp³-hybridized carbons (Fsp3) is 0.0833. The highest BCUT2D eigenvalue weighted by Gasteiger charge is 2.11. The van der Waals surface area contributed by atoms with E-state index < -0.39 is 0 Å². The molecule has 0 unspecified atom stereocenters. The highest BCUT2D eigenvalue weighted by Crippen LogP contribution is 2.28. The van der Waals surface area contributed by atoms with Gasteiger partial charge in [-0.1, -0.05) is 54.6 Å². The van der Waals surface area contributed by atoms with Crippen LogP contribution in [0.3, 0.4) is 0 Å². The first-order chi connectivity index (χ1) is 13.7. The molecular formula is C24H17FN2O. The number of halogens is 1. The monoisotopic (exact) mass is 368 g/mol. The molecule has 1 aliphatic carbocycles. The van der Waals surface area contributed by atoms with Gasteiger partial charge in [0.05, 0.1) is 23.8 Å². The molecule has 3 nitrogen and oxygen atoms in total. The van der Waals surface area contributed by atoms with Crippen molar-refractivity contribution in [2.24, 2.45) is 0 Å². The molecule has 0 amide bonds. The van der Waals surface area contributed by atoms with Gasteiger partial charge in [-0.05, 0) is 46.9 Å². The number of allylic oxidation sites excluding steroid dienone is 1. The first-order valence-electron chi connectivity index (χ1n) is 9.22. The van der Waals surface area contributed by atoms with E-state index >= 15 is 0 Å². The van der Waals surface area contributed by atoms with Crippen molar-refractivity contribution in [3.63, 3.8) is 0 Å². The molecule has 5 rings (SSSR count). The number of rotatable bonds is 3. The van der Waals surface area contributed by atoms with Gasteiger partial charge >= 0.3 is 0 Å². The van der Waals surface area contributed by atoms with Crippen molar-refractivity contribution in [1.82, 2.24) is 9.55 Å². The van der Waals surface area contributed by atoms with Crippen molar-refractivity contribution < 1.29 is 4.39 Å². The van der Waals surface area contributed by atoms with Crippen LogP contribution in [0.5, 0.6) is 0 Å². The molecule has 3 aromatic carbocycles. The Balaban J connectivity index is 1.52. The molecule has 0 spiro atoms. The zero-order valence-electron chi connectivity index (χ0n) is 15.1. The van der Waals surface area contributed by atoms with Crippen LogP contribution in [0, 0.1) is 5.82 Å². The third-order valence-electron chi connectivity index (χ3n) is 5.25. The number of fused-ring (bicyclic) bond motifs is 2. The molecule has 1 aromatic heterocycles. The maximum absolute atomic E-state index is 14.9. The SMILES string of the molecule is O=c1cnc2ccccc2n1Cc1ccc(-c2ccc3c(c2)CC=C3)cc1F. The number of benzene rings is 3. The first-order valence-corrected chi connectivity index (χ1v) is 9.22. The van der Waals surface area contributed by atoms with Gasteiger partial charge < -0.3 is 4.57 Å². The molecule has 0 atom stereocenters. The van der Waals surface area contributed by atoms with Gasteiger partial charge in [-0.3, -0.25) is 4.79 Å². The van der Waals surface area contributed by atoms with E-state index in [9.17, 15) is 9.18 Å². The molecule has 1 aliphatic rings. The van der Waals surface area contributed by atoms with Gasteiger partial charge in [0.15, 0.2) is 0 Å². The molecule has 1 heterocycles. The van der Waals surface area contributed by atoms with Crippen molar-refractivity contribution in [1.29, 1.82) is 0 Å². The maximum atomic E-state index is 14.9. The van der Waals surface area contributed by atoms with Crippen LogP contribution in [0.25, 0.3) is 28.2 Å². The van der Waals surface area contributed by atoms with Crippen LogP contribution in [-0.4, -0.2) is 9.55 Å². The Morgan fingerprint density at radius 2 is 1.82 bits per heavy atom. The summed E-state index contributed by atoms with van der Waals surface area (Å²) < 4.78 is 16.4. The minimum absolute atomic E-state index is 0.169. The summed E-state index contributed by atoms with van der Waals surface area (Å²) in [6.07, 6.45) is 6.45. The average molecular weight is 368 g/mol. The summed E-state index contributed by atoms with van der Waals surface area (Å²) in [6, 6.07) is 18.8. The van der Waals surface area contributed by atoms with E-state index in [1.807, 2.05) is 36.4 Å². The smallest absolute Gasteiger partial charge is 0.269 e. The second kappa shape index (κ2) is 6.57. The van der Waals surface area contributed by atoms with Crippen molar-refractivity contribution in [2.45, 2.75) is 13.0 Å². The Kier molecular flexibility index (Phi) is 3.90. The molecule has 136 valence electrons. The number of hydrogen-bond acceptors (Lipinski definition) is 2. The van der Waals surface area contributed by atoms with Crippen LogP contribution in [0.15, 0.2) is 77.7 Å². The molecule has 0 N–H and O–H groups in total. The number of hydrogen-bond donors (Lipinski definition) is 0. The summed E-state index contributed by atoms with van der Waals surface area (Å²) in [5.74, 6) is -0.316. The molecule has 0 fully saturated rings. The minimum atomic E-state index is -0.316. The van der Waals surface area contributed by atoms with Crippen LogP contribution in [0.2, 0.25) is 0 Å². The Labute approximate surface area is 161 Å². The van der Waals surface area contributed by atoms with E-state index in [0.29, 0.717) is 16.6 Å². The zero-order chi connectivity index (χ0) is 19.1. The van der Waals surface area contributed by atoms with E-state index in [1.165, 1.54) is 17.3 Å². The van der Waals surface area contributed by atoms with Crippen molar-refractivity contribution >= 4 is 17.1 Å². The van der Waals surface area contributed by atoms with Crippen LogP contribution < -0.4 is 5.56 Å². The lowest BCUT2D eigenvalue weighted by Crippen LogP contribution is -2.21. The highest BCUT2D eigenvalue weighted by atomic mass is 19.1. The Hall–Kier alpha value is -3.53. The normalized spacial score (nSPS) is 12.5. The molecule has 4 aromatic rings. The Bertz CT molecular complexity index is 1300. The lowest BCUT2D eigenvalue weighted by atomic mass is 9.99. The van der Waals surface area contributed by atoms with Gasteiger partial charge in [0.1, 0.15) is 5.82 Å². The predicted octanol–water partition coefficient (Wildman–Crippen LogP) is 4.82. The van der Waals surface area contributed by atoms with Crippen LogP contribution in [0.4, 0.5) is 4.39 Å². The number of para-hydroxylation sites is 2. The molecule has 0 saturated carbocycles. The summed E-state index contributed by atoms with van der Waals surface area (Å²) in [5.41, 5.74) is 5.97. The molecule has 28 heavy (non-hydrogen) atoms. The van der Waals surface area contributed by atoms with Crippen LogP contribution in [0.1, 0.15) is 16.7 Å². The van der Waals surface area contributed by atoms with Crippen molar-refractivity contribution in [3.8, 4) is 11.1 Å². The second-order valence-corrected chi connectivity index (χ2v) is 7.00. The maximum Gasteiger partial charge on any atom is 0.269 e. The summed E-state index contributed by atoms with van der Waals surface area (Å²) in [6.45, 7) is 0.169. The van der Waals surface area contributed by atoms with E-state index in [-0.39, 0.29) is 17.9 Å². The van der Waals surface area contributed by atoms with Gasteiger partial charge in [-0.25, -0.2) is 9.37 Å². The van der Waals surface area contributed by atoms with E-state index in [1.54, 1.807) is 16.7 Å². The topological polar surface area (TPSA) is 34.9 Å². The standard InChI is InChI=1S/C24H17FN2O/c25-21-13-19(18-9-8-16-4-3-5-17(16)12-18)10-11-20(21)15-27-23-7-2-1-6-22(23)26-14-24(27)28/h1-4,6-14H,5,15H2. The van der Waals surface area contributed by atoms with Crippen molar-refractivity contribution in [2.75, 3.05) is 0 Å². The van der Waals surface area contributed by atoms with Crippen molar-refractivity contribution in [3.05, 3.63) is 106 Å². The summed E-state index contributed by atoms with van der Waals surface area (Å²) in [4.78, 5) is 16.5. The predicted molar refractivity (Wildman–Crippen MR) is 110 cm³/mol.